The fourth-order valence-corrected chi connectivity index (χ4v) is 3.26. The summed E-state index contributed by atoms with van der Waals surface area (Å²) in [7, 11) is 3.27. The summed E-state index contributed by atoms with van der Waals surface area (Å²) in [6.45, 7) is 1.00. The number of anilines is 1. The van der Waals surface area contributed by atoms with Gasteiger partial charge in [0.05, 0.1) is 26.5 Å². The molecule has 5 nitrogen and oxygen atoms in total. The third-order valence-corrected chi connectivity index (χ3v) is 4.74. The van der Waals surface area contributed by atoms with Crippen molar-refractivity contribution in [2.24, 2.45) is 4.99 Å². The molecule has 0 bridgehead atoms. The summed E-state index contributed by atoms with van der Waals surface area (Å²) in [5.41, 5.74) is 1.50. The number of hydrogen-bond donors (Lipinski definition) is 0. The average molecular weight is 447 g/mol. The topological polar surface area (TPSA) is 51.1 Å². The van der Waals surface area contributed by atoms with Gasteiger partial charge in [-0.3, -0.25) is 9.79 Å². The number of halogens is 1. The van der Waals surface area contributed by atoms with Gasteiger partial charge in [-0.2, -0.15) is 0 Å². The van der Waals surface area contributed by atoms with E-state index in [2.05, 4.69) is 0 Å². The predicted octanol–water partition coefficient (Wildman–Crippen LogP) is 4.94. The first-order valence-electron chi connectivity index (χ1n) is 9.34. The Morgan fingerprint density at radius 3 is 2.54 bits per heavy atom. The fourth-order valence-electron chi connectivity index (χ4n) is 3.26. The van der Waals surface area contributed by atoms with Crippen LogP contribution in [0.5, 0.6) is 11.5 Å². The Labute approximate surface area is 177 Å². The number of ketones is 1. The van der Waals surface area contributed by atoms with Crippen molar-refractivity contribution in [3.63, 3.8) is 0 Å². The van der Waals surface area contributed by atoms with Crippen molar-refractivity contribution in [1.82, 2.24) is 0 Å². The number of carbonyl (C=O) groups excluding carboxylic acids is 1. The molecule has 0 fully saturated rings. The van der Waals surface area contributed by atoms with Crippen LogP contribution in [0.4, 0.5) is 5.69 Å². The van der Waals surface area contributed by atoms with Crippen LogP contribution in [0.15, 0.2) is 53.5 Å². The molecular formula is C22H27BrN2O3. The van der Waals surface area contributed by atoms with Crippen molar-refractivity contribution >= 4 is 34.3 Å². The lowest BCUT2D eigenvalue weighted by atomic mass is 10.1. The minimum Gasteiger partial charge on any atom is -0.497 e. The van der Waals surface area contributed by atoms with E-state index in [1.165, 1.54) is 0 Å². The van der Waals surface area contributed by atoms with E-state index in [0.717, 1.165) is 49.5 Å². The zero-order valence-corrected chi connectivity index (χ0v) is 18.1. The monoisotopic (exact) mass is 446 g/mol. The Kier molecular flexibility index (Phi) is 8.51. The van der Waals surface area contributed by atoms with E-state index in [9.17, 15) is 4.79 Å². The Morgan fingerprint density at radius 2 is 1.82 bits per heavy atom. The smallest absolute Gasteiger partial charge is 0.182 e. The molecule has 28 heavy (non-hydrogen) atoms. The molecule has 6 heteroatoms. The number of methoxy groups -OCH3 is 2. The molecule has 2 aromatic rings. The van der Waals surface area contributed by atoms with Crippen LogP contribution in [-0.4, -0.2) is 38.9 Å². The molecule has 150 valence electrons. The van der Waals surface area contributed by atoms with Gasteiger partial charge in [0.1, 0.15) is 17.3 Å². The number of hydrogen-bond acceptors (Lipinski definition) is 5. The zero-order chi connectivity index (χ0) is 19.1. The van der Waals surface area contributed by atoms with Crippen LogP contribution in [-0.2, 0) is 0 Å². The highest BCUT2D eigenvalue weighted by Gasteiger charge is 2.22. The van der Waals surface area contributed by atoms with Crippen LogP contribution in [0, 0.1) is 0 Å². The Balaban J connectivity index is 0.00000280. The molecular weight excluding hydrogens is 420 g/mol. The lowest BCUT2D eigenvalue weighted by Gasteiger charge is -2.27. The number of Topliss-reactive ketones (excluding diaryl/α,β-unsaturated/α-hetero) is 1. The number of carbonyl (C=O) groups is 1. The maximum atomic E-state index is 12.9. The van der Waals surface area contributed by atoms with Gasteiger partial charge in [-0.1, -0.05) is 36.8 Å². The second kappa shape index (κ2) is 10.9. The summed E-state index contributed by atoms with van der Waals surface area (Å²) in [5, 5.41) is 0. The maximum absolute atomic E-state index is 12.9. The molecule has 1 aliphatic heterocycles. The van der Waals surface area contributed by atoms with Crippen LogP contribution in [0.2, 0.25) is 0 Å². The zero-order valence-electron chi connectivity index (χ0n) is 16.4. The number of ether oxygens (including phenoxy) is 2. The van der Waals surface area contributed by atoms with Crippen molar-refractivity contribution in [1.29, 1.82) is 0 Å². The standard InChI is InChI=1S/C22H26N2O3.BrH/c1-26-18-12-13-21(27-2)19(15-18)24(22-11-7-4-8-14-23-22)16-20(25)17-9-5-3-6-10-17;/h3,5-6,9-10,12-13,15H,4,7-8,11,14,16H2,1-2H3;1H. The highest BCUT2D eigenvalue weighted by Crippen LogP contribution is 2.33. The molecule has 1 heterocycles. The van der Waals surface area contributed by atoms with Crippen LogP contribution >= 0.6 is 17.0 Å². The summed E-state index contributed by atoms with van der Waals surface area (Å²) in [6.07, 6.45) is 4.16. The molecule has 0 amide bonds. The number of nitrogens with zero attached hydrogens (tertiary/aromatic N) is 2. The average Bonchev–Trinajstić information content (AvgIpc) is 3.01. The van der Waals surface area contributed by atoms with Crippen molar-refractivity contribution < 1.29 is 14.3 Å². The third-order valence-electron chi connectivity index (χ3n) is 4.74. The maximum Gasteiger partial charge on any atom is 0.182 e. The summed E-state index contributed by atoms with van der Waals surface area (Å²) >= 11 is 0. The third kappa shape index (κ3) is 5.35. The number of rotatable bonds is 6. The molecule has 0 aromatic heterocycles. The van der Waals surface area contributed by atoms with E-state index in [1.54, 1.807) is 14.2 Å². The number of aliphatic imine (C=N–C) groups is 1. The molecule has 3 rings (SSSR count). The minimum atomic E-state index is 0. The van der Waals surface area contributed by atoms with Crippen molar-refractivity contribution in [2.75, 3.05) is 32.2 Å². The SMILES string of the molecule is Br.COc1ccc(OC)c(N(CC(=O)c2ccccc2)C2=NCCCCC2)c1. The van der Waals surface area contributed by atoms with E-state index >= 15 is 0 Å². The first-order valence-corrected chi connectivity index (χ1v) is 9.34. The van der Waals surface area contributed by atoms with Crippen molar-refractivity contribution in [2.45, 2.75) is 25.7 Å². The van der Waals surface area contributed by atoms with Crippen molar-refractivity contribution in [3.05, 3.63) is 54.1 Å². The number of benzene rings is 2. The molecule has 1 aliphatic rings. The quantitative estimate of drug-likeness (QED) is 0.589. The summed E-state index contributed by atoms with van der Waals surface area (Å²) in [4.78, 5) is 19.7. The first kappa shape index (κ1) is 22.0. The minimum absolute atomic E-state index is 0. The normalized spacial score (nSPS) is 13.6. The van der Waals surface area contributed by atoms with Gasteiger partial charge in [0.15, 0.2) is 5.78 Å². The summed E-state index contributed by atoms with van der Waals surface area (Å²) in [5.74, 6) is 2.40. The molecule has 0 N–H and O–H groups in total. The van der Waals surface area contributed by atoms with Gasteiger partial charge in [-0.05, 0) is 25.0 Å². The van der Waals surface area contributed by atoms with Gasteiger partial charge in [0.2, 0.25) is 0 Å². The van der Waals surface area contributed by atoms with E-state index in [-0.39, 0.29) is 29.3 Å². The molecule has 0 unspecified atom stereocenters. The predicted molar refractivity (Wildman–Crippen MR) is 119 cm³/mol. The molecule has 0 radical (unpaired) electrons. The van der Waals surface area contributed by atoms with Gasteiger partial charge in [0, 0.05) is 24.6 Å². The fraction of sp³-hybridized carbons (Fsp3) is 0.364. The largest absolute Gasteiger partial charge is 0.497 e. The van der Waals surface area contributed by atoms with Crippen LogP contribution in [0.25, 0.3) is 0 Å². The summed E-state index contributed by atoms with van der Waals surface area (Å²) < 4.78 is 11.0. The van der Waals surface area contributed by atoms with Crippen LogP contribution in [0.3, 0.4) is 0 Å². The van der Waals surface area contributed by atoms with Gasteiger partial charge < -0.3 is 14.4 Å². The Bertz CT molecular complexity index is 809. The Hall–Kier alpha value is -2.34. The van der Waals surface area contributed by atoms with Crippen LogP contribution < -0.4 is 14.4 Å². The molecule has 2 aromatic carbocycles. The first-order chi connectivity index (χ1) is 13.2. The van der Waals surface area contributed by atoms with Crippen molar-refractivity contribution in [3.8, 4) is 11.5 Å². The number of amidine groups is 1. The lowest BCUT2D eigenvalue weighted by Crippen LogP contribution is -2.36. The van der Waals surface area contributed by atoms with Gasteiger partial charge in [0.25, 0.3) is 0 Å². The van der Waals surface area contributed by atoms with Gasteiger partial charge >= 0.3 is 0 Å². The lowest BCUT2D eigenvalue weighted by molar-refractivity contribution is 0.100. The Morgan fingerprint density at radius 1 is 1.04 bits per heavy atom. The highest BCUT2D eigenvalue weighted by molar-refractivity contribution is 8.93. The second-order valence-corrected chi connectivity index (χ2v) is 6.52. The van der Waals surface area contributed by atoms with E-state index < -0.39 is 0 Å². The van der Waals surface area contributed by atoms with Gasteiger partial charge in [-0.15, -0.1) is 17.0 Å². The van der Waals surface area contributed by atoms with E-state index in [1.807, 2.05) is 53.4 Å². The summed E-state index contributed by atoms with van der Waals surface area (Å²) in [6, 6.07) is 15.0. The van der Waals surface area contributed by atoms with E-state index in [0.29, 0.717) is 11.3 Å². The molecule has 0 aliphatic carbocycles. The second-order valence-electron chi connectivity index (χ2n) is 6.52. The molecule has 0 saturated carbocycles. The highest BCUT2D eigenvalue weighted by atomic mass is 79.9. The molecule has 0 saturated heterocycles. The molecule has 0 atom stereocenters. The molecule has 0 spiro atoms. The van der Waals surface area contributed by atoms with Crippen LogP contribution in [0.1, 0.15) is 36.0 Å². The van der Waals surface area contributed by atoms with Gasteiger partial charge in [-0.25, -0.2) is 0 Å². The van der Waals surface area contributed by atoms with E-state index in [4.69, 9.17) is 14.5 Å².